The molecule has 0 aromatic heterocycles. The van der Waals surface area contributed by atoms with Crippen LogP contribution in [0.4, 0.5) is 0 Å². The number of aromatic carboxylic acids is 1. The number of carboxylic acid groups (broad SMARTS) is 1. The van der Waals surface area contributed by atoms with E-state index in [1.165, 1.54) is 19.2 Å². The Balaban J connectivity index is 2.09. The van der Waals surface area contributed by atoms with Gasteiger partial charge in [0.1, 0.15) is 6.10 Å². The number of ether oxygens (including phenoxy) is 2. The van der Waals surface area contributed by atoms with Gasteiger partial charge in [0.15, 0.2) is 11.5 Å². The molecule has 110 valence electrons. The van der Waals surface area contributed by atoms with E-state index >= 15 is 0 Å². The van der Waals surface area contributed by atoms with Gasteiger partial charge in [-0.3, -0.25) is 0 Å². The van der Waals surface area contributed by atoms with Crippen molar-refractivity contribution in [2.45, 2.75) is 25.9 Å². The maximum absolute atomic E-state index is 10.9. The molecule has 2 atom stereocenters. The van der Waals surface area contributed by atoms with Gasteiger partial charge in [-0.2, -0.15) is 0 Å². The average molecular weight is 279 g/mol. The van der Waals surface area contributed by atoms with Crippen LogP contribution in [0.15, 0.2) is 18.2 Å². The fourth-order valence-electron chi connectivity index (χ4n) is 2.47. The summed E-state index contributed by atoms with van der Waals surface area (Å²) in [4.78, 5) is 10.9. The predicted molar refractivity (Wildman–Crippen MR) is 75.6 cm³/mol. The number of hydrogen-bond donors (Lipinski definition) is 2. The van der Waals surface area contributed by atoms with Crippen molar-refractivity contribution in [3.63, 3.8) is 0 Å². The van der Waals surface area contributed by atoms with E-state index in [-0.39, 0.29) is 11.7 Å². The van der Waals surface area contributed by atoms with Gasteiger partial charge in [-0.05, 0) is 44.5 Å². The van der Waals surface area contributed by atoms with Gasteiger partial charge in [0.05, 0.1) is 12.7 Å². The zero-order valence-electron chi connectivity index (χ0n) is 11.9. The number of benzene rings is 1. The van der Waals surface area contributed by atoms with Gasteiger partial charge in [-0.25, -0.2) is 4.79 Å². The van der Waals surface area contributed by atoms with Crippen molar-refractivity contribution >= 4 is 5.97 Å². The van der Waals surface area contributed by atoms with E-state index in [0.29, 0.717) is 17.4 Å². The van der Waals surface area contributed by atoms with Crippen LogP contribution in [0, 0.1) is 5.92 Å². The Morgan fingerprint density at radius 3 is 2.85 bits per heavy atom. The molecule has 0 aliphatic carbocycles. The molecule has 2 rings (SSSR count). The van der Waals surface area contributed by atoms with E-state index in [1.54, 1.807) is 6.07 Å². The summed E-state index contributed by atoms with van der Waals surface area (Å²) < 4.78 is 11.2. The van der Waals surface area contributed by atoms with Gasteiger partial charge in [0.25, 0.3) is 0 Å². The largest absolute Gasteiger partial charge is 0.493 e. The van der Waals surface area contributed by atoms with Crippen LogP contribution in [-0.4, -0.2) is 37.4 Å². The monoisotopic (exact) mass is 279 g/mol. The van der Waals surface area contributed by atoms with Gasteiger partial charge in [-0.15, -0.1) is 0 Å². The van der Waals surface area contributed by atoms with Gasteiger partial charge in [0.2, 0.25) is 0 Å². The highest BCUT2D eigenvalue weighted by atomic mass is 16.5. The molecule has 20 heavy (non-hydrogen) atoms. The molecule has 5 heteroatoms. The number of methoxy groups -OCH3 is 1. The fourth-order valence-corrected chi connectivity index (χ4v) is 2.47. The van der Waals surface area contributed by atoms with Crippen molar-refractivity contribution in [3.05, 3.63) is 23.8 Å². The molecule has 1 aliphatic heterocycles. The van der Waals surface area contributed by atoms with E-state index in [1.807, 2.05) is 6.92 Å². The van der Waals surface area contributed by atoms with Crippen LogP contribution in [0.5, 0.6) is 11.5 Å². The number of nitrogens with one attached hydrogen (secondary N) is 1. The summed E-state index contributed by atoms with van der Waals surface area (Å²) in [5, 5.41) is 12.3. The minimum absolute atomic E-state index is 0.0624. The maximum atomic E-state index is 10.9. The van der Waals surface area contributed by atoms with Gasteiger partial charge >= 0.3 is 5.97 Å². The lowest BCUT2D eigenvalue weighted by Crippen LogP contribution is -2.37. The van der Waals surface area contributed by atoms with Crippen molar-refractivity contribution in [1.29, 1.82) is 0 Å². The molecule has 1 aromatic carbocycles. The van der Waals surface area contributed by atoms with Crippen molar-refractivity contribution in [2.75, 3.05) is 20.2 Å². The highest BCUT2D eigenvalue weighted by molar-refractivity contribution is 5.88. The van der Waals surface area contributed by atoms with Crippen LogP contribution in [0.1, 0.15) is 30.1 Å². The Morgan fingerprint density at radius 1 is 1.45 bits per heavy atom. The maximum Gasteiger partial charge on any atom is 0.335 e. The minimum atomic E-state index is -0.973. The first-order valence-electron chi connectivity index (χ1n) is 6.90. The lowest BCUT2D eigenvalue weighted by molar-refractivity contribution is 0.0696. The molecule has 2 N–H and O–H groups in total. The average Bonchev–Trinajstić information content (AvgIpc) is 2.48. The van der Waals surface area contributed by atoms with E-state index in [2.05, 4.69) is 5.32 Å². The minimum Gasteiger partial charge on any atom is -0.493 e. The molecule has 1 fully saturated rings. The number of carbonyl (C=O) groups is 1. The van der Waals surface area contributed by atoms with Gasteiger partial charge in [0, 0.05) is 12.5 Å². The molecule has 0 bridgehead atoms. The standard InChI is InChI=1S/C15H21NO4/c1-10(12-4-3-7-16-9-12)20-13-6-5-11(15(17)18)8-14(13)19-2/h5-6,8,10,12,16H,3-4,7,9H2,1-2H3,(H,17,18). The predicted octanol–water partition coefficient (Wildman–Crippen LogP) is 2.16. The Morgan fingerprint density at radius 2 is 2.25 bits per heavy atom. The van der Waals surface area contributed by atoms with Gasteiger partial charge in [-0.1, -0.05) is 0 Å². The molecule has 1 saturated heterocycles. The molecular weight excluding hydrogens is 258 g/mol. The zero-order chi connectivity index (χ0) is 14.5. The number of rotatable bonds is 5. The SMILES string of the molecule is COc1cc(C(=O)O)ccc1OC(C)C1CCCNC1. The Bertz CT molecular complexity index is 469. The number of piperidine rings is 1. The first-order valence-corrected chi connectivity index (χ1v) is 6.90. The normalized spacial score (nSPS) is 20.2. The van der Waals surface area contributed by atoms with Crippen molar-refractivity contribution in [1.82, 2.24) is 5.32 Å². The van der Waals surface area contributed by atoms with E-state index in [0.717, 1.165) is 25.9 Å². The topological polar surface area (TPSA) is 67.8 Å². The number of hydrogen-bond acceptors (Lipinski definition) is 4. The van der Waals surface area contributed by atoms with E-state index in [4.69, 9.17) is 14.6 Å². The highest BCUT2D eigenvalue weighted by Crippen LogP contribution is 2.30. The first-order chi connectivity index (χ1) is 9.61. The quantitative estimate of drug-likeness (QED) is 0.864. The second-order valence-corrected chi connectivity index (χ2v) is 5.10. The first kappa shape index (κ1) is 14.7. The summed E-state index contributed by atoms with van der Waals surface area (Å²) in [6.07, 6.45) is 2.37. The molecule has 0 radical (unpaired) electrons. The lowest BCUT2D eigenvalue weighted by atomic mass is 9.94. The highest BCUT2D eigenvalue weighted by Gasteiger charge is 2.22. The summed E-state index contributed by atoms with van der Waals surface area (Å²) in [6, 6.07) is 4.69. The smallest absolute Gasteiger partial charge is 0.335 e. The third-order valence-electron chi connectivity index (χ3n) is 3.72. The van der Waals surface area contributed by atoms with Gasteiger partial charge < -0.3 is 19.9 Å². The third kappa shape index (κ3) is 3.42. The fraction of sp³-hybridized carbons (Fsp3) is 0.533. The Hall–Kier alpha value is -1.75. The van der Waals surface area contributed by atoms with Crippen molar-refractivity contribution in [2.24, 2.45) is 5.92 Å². The molecule has 5 nitrogen and oxygen atoms in total. The van der Waals surface area contributed by atoms with Crippen LogP contribution in [-0.2, 0) is 0 Å². The summed E-state index contributed by atoms with van der Waals surface area (Å²) >= 11 is 0. The van der Waals surface area contributed by atoms with Crippen LogP contribution in [0.2, 0.25) is 0 Å². The summed E-state index contributed by atoms with van der Waals surface area (Å²) in [6.45, 7) is 4.07. The van der Waals surface area contributed by atoms with Crippen LogP contribution in [0.3, 0.4) is 0 Å². The Labute approximate surface area is 118 Å². The van der Waals surface area contributed by atoms with Crippen molar-refractivity contribution in [3.8, 4) is 11.5 Å². The summed E-state index contributed by atoms with van der Waals surface area (Å²) in [5.74, 6) is 0.545. The molecule has 0 saturated carbocycles. The molecule has 1 aliphatic rings. The van der Waals surface area contributed by atoms with E-state index < -0.39 is 5.97 Å². The van der Waals surface area contributed by atoms with Crippen LogP contribution >= 0.6 is 0 Å². The summed E-state index contributed by atoms with van der Waals surface area (Å²) in [7, 11) is 1.51. The zero-order valence-corrected chi connectivity index (χ0v) is 11.9. The molecule has 1 aromatic rings. The second kappa shape index (κ2) is 6.61. The molecular formula is C15H21NO4. The third-order valence-corrected chi connectivity index (χ3v) is 3.72. The number of carboxylic acids is 1. The Kier molecular flexibility index (Phi) is 4.84. The van der Waals surface area contributed by atoms with E-state index in [9.17, 15) is 4.79 Å². The van der Waals surface area contributed by atoms with Crippen LogP contribution in [0.25, 0.3) is 0 Å². The van der Waals surface area contributed by atoms with Crippen molar-refractivity contribution < 1.29 is 19.4 Å². The second-order valence-electron chi connectivity index (χ2n) is 5.10. The molecule has 0 spiro atoms. The van der Waals surface area contributed by atoms with Crippen LogP contribution < -0.4 is 14.8 Å². The lowest BCUT2D eigenvalue weighted by Gasteiger charge is -2.29. The molecule has 0 amide bonds. The summed E-state index contributed by atoms with van der Waals surface area (Å²) in [5.41, 5.74) is 0.196. The molecule has 1 heterocycles. The molecule has 2 unspecified atom stereocenters.